The maximum atomic E-state index is 5.92. The lowest BCUT2D eigenvalue weighted by Gasteiger charge is -2.24. The van der Waals surface area contributed by atoms with E-state index in [4.69, 9.17) is 22.1 Å². The summed E-state index contributed by atoms with van der Waals surface area (Å²) in [5.74, 6) is 0. The number of hydrogen-bond acceptors (Lipinski definition) is 3. The maximum Gasteiger partial charge on any atom is 0.111 e. The second kappa shape index (κ2) is 4.28. The Balaban J connectivity index is 3.05. The summed E-state index contributed by atoms with van der Waals surface area (Å²) in [6.07, 6.45) is 0. The van der Waals surface area contributed by atoms with E-state index in [2.05, 4.69) is 15.9 Å². The van der Waals surface area contributed by atoms with E-state index in [1.807, 2.05) is 13.0 Å². The molecule has 2 nitrogen and oxygen atoms in total. The van der Waals surface area contributed by atoms with Gasteiger partial charge in [-0.15, -0.1) is 11.3 Å². The van der Waals surface area contributed by atoms with Gasteiger partial charge in [0.25, 0.3) is 0 Å². The molecular formula is C8H11BrClNOS. The Morgan fingerprint density at radius 2 is 2.38 bits per heavy atom. The van der Waals surface area contributed by atoms with Gasteiger partial charge in [-0.05, 0) is 28.9 Å². The molecule has 1 aromatic rings. The number of methoxy groups -OCH3 is 1. The zero-order valence-corrected chi connectivity index (χ0v) is 10.6. The highest BCUT2D eigenvalue weighted by atomic mass is 79.9. The predicted octanol–water partition coefficient (Wildman–Crippen LogP) is 2.98. The second-order valence-electron chi connectivity index (χ2n) is 2.87. The van der Waals surface area contributed by atoms with Crippen LogP contribution in [0.25, 0.3) is 0 Å². The molecule has 1 aromatic heterocycles. The summed E-state index contributed by atoms with van der Waals surface area (Å²) in [7, 11) is 1.65. The Labute approximate surface area is 95.2 Å². The molecule has 0 aliphatic heterocycles. The fraction of sp³-hybridized carbons (Fsp3) is 0.500. The third-order valence-corrected chi connectivity index (χ3v) is 4.73. The standard InChI is InChI=1S/C8H11BrClNOS/c1-8(4-11,12-2)6-3-5(9)7(10)13-6/h3H,4,11H2,1-2H3. The Morgan fingerprint density at radius 1 is 1.77 bits per heavy atom. The number of hydrogen-bond donors (Lipinski definition) is 1. The van der Waals surface area contributed by atoms with Crippen LogP contribution in [0.5, 0.6) is 0 Å². The summed E-state index contributed by atoms with van der Waals surface area (Å²) in [5, 5.41) is 0. The molecule has 0 saturated heterocycles. The molecule has 0 fully saturated rings. The van der Waals surface area contributed by atoms with Crippen molar-refractivity contribution in [2.75, 3.05) is 13.7 Å². The van der Waals surface area contributed by atoms with Crippen molar-refractivity contribution < 1.29 is 4.74 Å². The fourth-order valence-corrected chi connectivity index (χ4v) is 2.73. The minimum absolute atomic E-state index is 0.430. The van der Waals surface area contributed by atoms with Crippen molar-refractivity contribution in [3.63, 3.8) is 0 Å². The van der Waals surface area contributed by atoms with Crippen LogP contribution < -0.4 is 5.73 Å². The Morgan fingerprint density at radius 3 is 2.69 bits per heavy atom. The van der Waals surface area contributed by atoms with Crippen molar-refractivity contribution in [2.45, 2.75) is 12.5 Å². The minimum Gasteiger partial charge on any atom is -0.372 e. The molecule has 1 heterocycles. The summed E-state index contributed by atoms with van der Waals surface area (Å²) < 4.78 is 6.97. The van der Waals surface area contributed by atoms with Crippen LogP contribution in [-0.2, 0) is 10.3 Å². The van der Waals surface area contributed by atoms with Crippen LogP contribution in [0, 0.1) is 0 Å². The van der Waals surface area contributed by atoms with Gasteiger partial charge in [-0.1, -0.05) is 11.6 Å². The lowest BCUT2D eigenvalue weighted by atomic mass is 10.1. The van der Waals surface area contributed by atoms with Crippen molar-refractivity contribution >= 4 is 38.9 Å². The number of ether oxygens (including phenoxy) is 1. The molecule has 1 rings (SSSR count). The molecule has 0 bridgehead atoms. The summed E-state index contributed by atoms with van der Waals surface area (Å²) >= 11 is 10.8. The van der Waals surface area contributed by atoms with Gasteiger partial charge in [0.1, 0.15) is 9.94 Å². The molecule has 0 amide bonds. The van der Waals surface area contributed by atoms with E-state index in [9.17, 15) is 0 Å². The summed E-state index contributed by atoms with van der Waals surface area (Å²) in [6, 6.07) is 1.95. The first-order valence-electron chi connectivity index (χ1n) is 3.74. The Hall–Kier alpha value is 0.390. The predicted molar refractivity (Wildman–Crippen MR) is 60.4 cm³/mol. The third-order valence-electron chi connectivity index (χ3n) is 2.01. The molecule has 0 spiro atoms. The molecule has 5 heteroatoms. The molecule has 0 aliphatic rings. The normalized spacial score (nSPS) is 15.8. The van der Waals surface area contributed by atoms with Crippen molar-refractivity contribution in [2.24, 2.45) is 5.73 Å². The van der Waals surface area contributed by atoms with E-state index < -0.39 is 5.60 Å². The van der Waals surface area contributed by atoms with E-state index in [0.29, 0.717) is 6.54 Å². The first-order valence-corrected chi connectivity index (χ1v) is 5.73. The molecule has 0 saturated carbocycles. The highest BCUT2D eigenvalue weighted by Crippen LogP contribution is 2.38. The van der Waals surface area contributed by atoms with Gasteiger partial charge in [-0.3, -0.25) is 0 Å². The zero-order chi connectivity index (χ0) is 10.1. The molecule has 0 aliphatic carbocycles. The topological polar surface area (TPSA) is 35.2 Å². The number of rotatable bonds is 3. The van der Waals surface area contributed by atoms with Crippen LogP contribution in [0.1, 0.15) is 11.8 Å². The van der Waals surface area contributed by atoms with Gasteiger partial charge >= 0.3 is 0 Å². The smallest absolute Gasteiger partial charge is 0.111 e. The van der Waals surface area contributed by atoms with Crippen LogP contribution in [0.4, 0.5) is 0 Å². The highest BCUT2D eigenvalue weighted by molar-refractivity contribution is 9.10. The van der Waals surface area contributed by atoms with Crippen LogP contribution in [-0.4, -0.2) is 13.7 Å². The molecule has 1 unspecified atom stereocenters. The van der Waals surface area contributed by atoms with Crippen LogP contribution in [0.15, 0.2) is 10.5 Å². The molecule has 0 aromatic carbocycles. The van der Waals surface area contributed by atoms with Crippen molar-refractivity contribution in [3.05, 3.63) is 19.8 Å². The zero-order valence-electron chi connectivity index (χ0n) is 7.43. The second-order valence-corrected chi connectivity index (χ2v) is 5.38. The quantitative estimate of drug-likeness (QED) is 0.926. The molecule has 2 N–H and O–H groups in total. The first-order chi connectivity index (χ1) is 6.03. The first kappa shape index (κ1) is 11.5. The number of halogens is 2. The molecule has 1 atom stereocenters. The monoisotopic (exact) mass is 283 g/mol. The maximum absolute atomic E-state index is 5.92. The van der Waals surface area contributed by atoms with Crippen LogP contribution in [0.2, 0.25) is 4.34 Å². The summed E-state index contributed by atoms with van der Waals surface area (Å²) in [5.41, 5.74) is 5.20. The summed E-state index contributed by atoms with van der Waals surface area (Å²) in [4.78, 5) is 1.04. The third kappa shape index (κ3) is 2.25. The fourth-order valence-electron chi connectivity index (χ4n) is 0.892. The lowest BCUT2D eigenvalue weighted by molar-refractivity contribution is 0.0132. The van der Waals surface area contributed by atoms with Gasteiger partial charge in [0.2, 0.25) is 0 Å². The summed E-state index contributed by atoms with van der Waals surface area (Å²) in [6.45, 7) is 2.38. The van der Waals surface area contributed by atoms with Gasteiger partial charge < -0.3 is 10.5 Å². The van der Waals surface area contributed by atoms with Gasteiger partial charge in [0, 0.05) is 23.0 Å². The number of nitrogens with two attached hydrogens (primary N) is 1. The van der Waals surface area contributed by atoms with Crippen molar-refractivity contribution in [1.29, 1.82) is 0 Å². The van der Waals surface area contributed by atoms with Crippen molar-refractivity contribution in [1.82, 2.24) is 0 Å². The van der Waals surface area contributed by atoms with E-state index >= 15 is 0 Å². The largest absolute Gasteiger partial charge is 0.372 e. The van der Waals surface area contributed by atoms with Gasteiger partial charge in [-0.25, -0.2) is 0 Å². The number of thiophene rings is 1. The molecular weight excluding hydrogens is 274 g/mol. The van der Waals surface area contributed by atoms with E-state index in [1.54, 1.807) is 7.11 Å². The molecule has 13 heavy (non-hydrogen) atoms. The highest BCUT2D eigenvalue weighted by Gasteiger charge is 2.27. The Bertz CT molecular complexity index is 279. The van der Waals surface area contributed by atoms with E-state index in [-0.39, 0.29) is 0 Å². The van der Waals surface area contributed by atoms with E-state index in [0.717, 1.165) is 13.7 Å². The van der Waals surface area contributed by atoms with Gasteiger partial charge in [0.15, 0.2) is 0 Å². The van der Waals surface area contributed by atoms with E-state index in [1.165, 1.54) is 11.3 Å². The molecule has 0 radical (unpaired) electrons. The Kier molecular flexibility index (Phi) is 3.77. The molecule has 74 valence electrons. The SMILES string of the molecule is COC(C)(CN)c1cc(Br)c(Cl)s1. The average molecular weight is 285 g/mol. The van der Waals surface area contributed by atoms with Crippen LogP contribution >= 0.6 is 38.9 Å². The van der Waals surface area contributed by atoms with Gasteiger partial charge in [-0.2, -0.15) is 0 Å². The van der Waals surface area contributed by atoms with Crippen LogP contribution in [0.3, 0.4) is 0 Å². The lowest BCUT2D eigenvalue weighted by Crippen LogP contribution is -2.32. The minimum atomic E-state index is -0.430. The van der Waals surface area contributed by atoms with Crippen molar-refractivity contribution in [3.8, 4) is 0 Å². The average Bonchev–Trinajstić information content (AvgIpc) is 2.46. The van der Waals surface area contributed by atoms with Gasteiger partial charge in [0.05, 0.1) is 0 Å².